The smallest absolute Gasteiger partial charge is 0.151 e. The number of hydrogen-bond acceptors (Lipinski definition) is 5. The molecule has 0 unspecified atom stereocenters. The maximum absolute atomic E-state index is 8.83. The highest BCUT2D eigenvalue weighted by Gasteiger charge is 2.04. The largest absolute Gasteiger partial charge is 0.395 e. The second-order valence-corrected chi connectivity index (χ2v) is 3.66. The van der Waals surface area contributed by atoms with E-state index < -0.39 is 0 Å². The van der Waals surface area contributed by atoms with Gasteiger partial charge < -0.3 is 10.0 Å². The van der Waals surface area contributed by atoms with E-state index in [2.05, 4.69) is 15.2 Å². The van der Waals surface area contributed by atoms with E-state index in [0.29, 0.717) is 6.54 Å². The molecule has 0 aliphatic heterocycles. The fourth-order valence-electron chi connectivity index (χ4n) is 1.47. The van der Waals surface area contributed by atoms with Crippen LogP contribution in [0.2, 0.25) is 0 Å². The summed E-state index contributed by atoms with van der Waals surface area (Å²) in [5, 5.41) is 17.1. The first kappa shape index (κ1) is 11.5. The van der Waals surface area contributed by atoms with E-state index >= 15 is 0 Å². The Morgan fingerprint density at radius 2 is 1.88 bits per heavy atom. The third-order valence-electron chi connectivity index (χ3n) is 2.45. The predicted molar refractivity (Wildman–Crippen MR) is 65.6 cm³/mol. The van der Waals surface area contributed by atoms with Crippen LogP contribution >= 0.6 is 0 Å². The van der Waals surface area contributed by atoms with Crippen LogP contribution in [-0.2, 0) is 0 Å². The Hall–Kier alpha value is -2.01. The molecule has 2 rings (SSSR count). The molecule has 2 aromatic rings. The first-order valence-corrected chi connectivity index (χ1v) is 5.37. The van der Waals surface area contributed by atoms with Crippen LogP contribution in [0.5, 0.6) is 0 Å². The average Bonchev–Trinajstić information content (AvgIpc) is 2.40. The number of pyridine rings is 1. The lowest BCUT2D eigenvalue weighted by Gasteiger charge is -2.15. The molecule has 2 heterocycles. The Morgan fingerprint density at radius 1 is 1.12 bits per heavy atom. The third-order valence-corrected chi connectivity index (χ3v) is 2.45. The van der Waals surface area contributed by atoms with Crippen LogP contribution in [0, 0.1) is 0 Å². The van der Waals surface area contributed by atoms with Crippen molar-refractivity contribution in [1.29, 1.82) is 0 Å². The van der Waals surface area contributed by atoms with Crippen molar-refractivity contribution in [2.75, 3.05) is 25.1 Å². The second-order valence-electron chi connectivity index (χ2n) is 3.66. The van der Waals surface area contributed by atoms with Gasteiger partial charge in [-0.25, -0.2) is 0 Å². The number of hydrogen-bond donors (Lipinski definition) is 1. The molecule has 0 amide bonds. The van der Waals surface area contributed by atoms with Crippen LogP contribution < -0.4 is 4.90 Å². The molecule has 0 saturated carbocycles. The van der Waals surface area contributed by atoms with E-state index in [1.54, 1.807) is 12.4 Å². The highest BCUT2D eigenvalue weighted by atomic mass is 16.3. The molecule has 88 valence electrons. The van der Waals surface area contributed by atoms with Crippen molar-refractivity contribution >= 4 is 5.82 Å². The van der Waals surface area contributed by atoms with E-state index in [4.69, 9.17) is 5.11 Å². The molecule has 0 atom stereocenters. The molecule has 0 aliphatic carbocycles. The minimum absolute atomic E-state index is 0.101. The summed E-state index contributed by atoms with van der Waals surface area (Å²) in [5.74, 6) is 0.747. The van der Waals surface area contributed by atoms with Crippen molar-refractivity contribution < 1.29 is 5.11 Å². The summed E-state index contributed by atoms with van der Waals surface area (Å²) in [5.41, 5.74) is 1.80. The Morgan fingerprint density at radius 3 is 2.47 bits per heavy atom. The lowest BCUT2D eigenvalue weighted by molar-refractivity contribution is 0.303. The van der Waals surface area contributed by atoms with Crippen molar-refractivity contribution in [3.05, 3.63) is 36.7 Å². The Kier molecular flexibility index (Phi) is 3.62. The van der Waals surface area contributed by atoms with Gasteiger partial charge in [0.1, 0.15) is 0 Å². The lowest BCUT2D eigenvalue weighted by Crippen LogP contribution is -2.22. The number of aliphatic hydroxyl groups is 1. The van der Waals surface area contributed by atoms with Crippen molar-refractivity contribution in [2.24, 2.45) is 0 Å². The maximum atomic E-state index is 8.83. The monoisotopic (exact) mass is 230 g/mol. The van der Waals surface area contributed by atoms with Gasteiger partial charge >= 0.3 is 0 Å². The Bertz CT molecular complexity index is 458. The molecule has 5 nitrogen and oxygen atoms in total. The summed E-state index contributed by atoms with van der Waals surface area (Å²) >= 11 is 0. The predicted octanol–water partition coefficient (Wildman–Crippen LogP) is 0.967. The highest BCUT2D eigenvalue weighted by Crippen LogP contribution is 2.16. The van der Waals surface area contributed by atoms with Gasteiger partial charge in [0, 0.05) is 31.5 Å². The van der Waals surface area contributed by atoms with E-state index in [-0.39, 0.29) is 6.61 Å². The topological polar surface area (TPSA) is 62.1 Å². The average molecular weight is 230 g/mol. The lowest BCUT2D eigenvalue weighted by atomic mass is 10.2. The van der Waals surface area contributed by atoms with Gasteiger partial charge in [-0.1, -0.05) is 0 Å². The van der Waals surface area contributed by atoms with Crippen LogP contribution in [0.1, 0.15) is 0 Å². The number of aliphatic hydroxyl groups excluding tert-OH is 1. The SMILES string of the molecule is CN(CCO)c1ccc(-c2ccncc2)nn1. The first-order chi connectivity index (χ1) is 8.31. The number of aromatic nitrogens is 3. The van der Waals surface area contributed by atoms with Crippen LogP contribution in [0.3, 0.4) is 0 Å². The van der Waals surface area contributed by atoms with Gasteiger partial charge in [-0.2, -0.15) is 0 Å². The zero-order valence-electron chi connectivity index (χ0n) is 9.61. The quantitative estimate of drug-likeness (QED) is 0.848. The summed E-state index contributed by atoms with van der Waals surface area (Å²) in [4.78, 5) is 5.81. The molecule has 17 heavy (non-hydrogen) atoms. The van der Waals surface area contributed by atoms with E-state index in [9.17, 15) is 0 Å². The molecule has 5 heteroatoms. The van der Waals surface area contributed by atoms with Crippen LogP contribution in [0.4, 0.5) is 5.82 Å². The Labute approximate surface area is 99.8 Å². The van der Waals surface area contributed by atoms with Crippen LogP contribution in [0.25, 0.3) is 11.3 Å². The van der Waals surface area contributed by atoms with Crippen LogP contribution in [0.15, 0.2) is 36.7 Å². The minimum Gasteiger partial charge on any atom is -0.395 e. The summed E-state index contributed by atoms with van der Waals surface area (Å²) in [6.45, 7) is 0.646. The molecular weight excluding hydrogens is 216 g/mol. The first-order valence-electron chi connectivity index (χ1n) is 5.37. The van der Waals surface area contributed by atoms with Crippen molar-refractivity contribution in [1.82, 2.24) is 15.2 Å². The molecule has 0 radical (unpaired) electrons. The van der Waals surface area contributed by atoms with Gasteiger partial charge in [0.2, 0.25) is 0 Å². The number of likely N-dealkylation sites (N-methyl/N-ethyl adjacent to an activating group) is 1. The normalized spacial score (nSPS) is 10.2. The van der Waals surface area contributed by atoms with E-state index in [0.717, 1.165) is 17.1 Å². The highest BCUT2D eigenvalue weighted by molar-refractivity contribution is 5.58. The number of nitrogens with zero attached hydrogens (tertiary/aromatic N) is 4. The summed E-state index contributed by atoms with van der Waals surface area (Å²) in [7, 11) is 1.87. The Balaban J connectivity index is 2.19. The fourth-order valence-corrected chi connectivity index (χ4v) is 1.47. The summed E-state index contributed by atoms with van der Waals surface area (Å²) < 4.78 is 0. The molecule has 0 spiro atoms. The molecule has 0 fully saturated rings. The molecule has 2 aromatic heterocycles. The minimum atomic E-state index is 0.101. The molecule has 0 saturated heterocycles. The third kappa shape index (κ3) is 2.76. The van der Waals surface area contributed by atoms with Crippen molar-refractivity contribution in [3.8, 4) is 11.3 Å². The fraction of sp³-hybridized carbons (Fsp3) is 0.250. The maximum Gasteiger partial charge on any atom is 0.151 e. The van der Waals surface area contributed by atoms with Gasteiger partial charge in [0.25, 0.3) is 0 Å². The zero-order chi connectivity index (χ0) is 12.1. The van der Waals surface area contributed by atoms with Crippen molar-refractivity contribution in [3.63, 3.8) is 0 Å². The van der Waals surface area contributed by atoms with Gasteiger partial charge in [0.05, 0.1) is 12.3 Å². The van der Waals surface area contributed by atoms with Crippen molar-refractivity contribution in [2.45, 2.75) is 0 Å². The number of rotatable bonds is 4. The van der Waals surface area contributed by atoms with Gasteiger partial charge in [-0.15, -0.1) is 10.2 Å². The molecule has 0 aliphatic rings. The molecule has 0 aromatic carbocycles. The van der Waals surface area contributed by atoms with Gasteiger partial charge in [-0.05, 0) is 24.3 Å². The summed E-state index contributed by atoms with van der Waals surface area (Å²) in [6.07, 6.45) is 3.45. The summed E-state index contributed by atoms with van der Waals surface area (Å²) in [6, 6.07) is 7.58. The zero-order valence-corrected chi connectivity index (χ0v) is 9.61. The standard InChI is InChI=1S/C12H14N4O/c1-16(8-9-17)12-3-2-11(14-15-12)10-4-6-13-7-5-10/h2-7,17H,8-9H2,1H3. The molecular formula is C12H14N4O. The van der Waals surface area contributed by atoms with Gasteiger partial charge in [-0.3, -0.25) is 4.98 Å². The molecule has 1 N–H and O–H groups in total. The molecule has 0 bridgehead atoms. The number of anilines is 1. The van der Waals surface area contributed by atoms with Crippen LogP contribution in [-0.4, -0.2) is 40.5 Å². The second kappa shape index (κ2) is 5.36. The van der Waals surface area contributed by atoms with E-state index in [1.807, 2.05) is 36.2 Å². The van der Waals surface area contributed by atoms with E-state index in [1.165, 1.54) is 0 Å². The van der Waals surface area contributed by atoms with Gasteiger partial charge in [0.15, 0.2) is 5.82 Å².